The molecule has 38 heavy (non-hydrogen) atoms. The molecule has 4 fully saturated rings. The zero-order chi connectivity index (χ0) is 27.7. The van der Waals surface area contributed by atoms with E-state index in [0.29, 0.717) is 43.2 Å². The van der Waals surface area contributed by atoms with Crippen molar-refractivity contribution >= 4 is 11.9 Å². The Morgan fingerprint density at radius 1 is 1.13 bits per heavy atom. The first-order valence-corrected chi connectivity index (χ1v) is 15.5. The van der Waals surface area contributed by atoms with Crippen molar-refractivity contribution < 1.29 is 24.5 Å². The molecule has 6 heteroatoms. The van der Waals surface area contributed by atoms with E-state index in [1.807, 2.05) is 0 Å². The van der Waals surface area contributed by atoms with E-state index in [4.69, 9.17) is 4.74 Å². The molecular formula is C32H53NO5. The lowest BCUT2D eigenvalue weighted by Gasteiger charge is -2.65. The van der Waals surface area contributed by atoms with Gasteiger partial charge in [0.2, 0.25) is 5.91 Å². The van der Waals surface area contributed by atoms with Gasteiger partial charge in [-0.15, -0.1) is 0 Å². The molecule has 3 unspecified atom stereocenters. The smallest absolute Gasteiger partial charge is 0.310 e. The van der Waals surface area contributed by atoms with Crippen LogP contribution in [-0.4, -0.2) is 47.4 Å². The van der Waals surface area contributed by atoms with Gasteiger partial charge >= 0.3 is 5.97 Å². The van der Waals surface area contributed by atoms with Crippen LogP contribution >= 0.6 is 0 Å². The van der Waals surface area contributed by atoms with Crippen molar-refractivity contribution in [2.75, 3.05) is 13.2 Å². The summed E-state index contributed by atoms with van der Waals surface area (Å²) in [5.74, 6) is 1.65. The summed E-state index contributed by atoms with van der Waals surface area (Å²) in [7, 11) is 0. The molecule has 0 bridgehead atoms. The van der Waals surface area contributed by atoms with Crippen LogP contribution in [-0.2, 0) is 14.3 Å². The topological polar surface area (TPSA) is 95.9 Å². The number of carboxylic acid groups (broad SMARTS) is 1. The molecule has 0 aromatic heterocycles. The predicted molar refractivity (Wildman–Crippen MR) is 149 cm³/mol. The number of hydrogen-bond acceptors (Lipinski definition) is 4. The maximum absolute atomic E-state index is 13.1. The number of amides is 1. The fourth-order valence-corrected chi connectivity index (χ4v) is 10.2. The maximum atomic E-state index is 13.1. The fourth-order valence-electron chi connectivity index (χ4n) is 10.2. The molecule has 0 aromatic rings. The van der Waals surface area contributed by atoms with E-state index in [9.17, 15) is 19.8 Å². The number of aliphatic hydroxyl groups is 1. The quantitative estimate of drug-likeness (QED) is 0.225. The minimum Gasteiger partial charge on any atom is -0.481 e. The summed E-state index contributed by atoms with van der Waals surface area (Å²) in [5, 5.41) is 25.3. The van der Waals surface area contributed by atoms with E-state index in [-0.39, 0.29) is 34.9 Å². The highest BCUT2D eigenvalue weighted by Gasteiger charge is 2.69. The van der Waals surface area contributed by atoms with Crippen LogP contribution in [0.3, 0.4) is 0 Å². The van der Waals surface area contributed by atoms with Crippen LogP contribution in [0.15, 0.2) is 12.7 Å². The number of aliphatic hydroxyl groups excluding tert-OH is 1. The van der Waals surface area contributed by atoms with E-state index in [0.717, 1.165) is 44.9 Å². The Morgan fingerprint density at radius 2 is 1.89 bits per heavy atom. The Bertz CT molecular complexity index is 876. The van der Waals surface area contributed by atoms with Gasteiger partial charge in [0, 0.05) is 13.2 Å². The standard InChI is InChI=1S/C32H53NO5/c1-6-10-21(3)24-11-12-25-23-14-16-32(29(36)37)20-22(38-18-9-8-17-33-28(35)7-2)13-15-30(32,4)26(23)19-27(34)31(24,25)5/h7,21-27,34H,2,6,8-20H2,1,3-5H3,(H,33,35)(H,36,37)/t21-,22?,23+,24-,25+,26+,27?,30-,31-,32?/m1/s1. The first-order valence-electron chi connectivity index (χ1n) is 15.5. The van der Waals surface area contributed by atoms with Crippen LogP contribution in [0.1, 0.15) is 105 Å². The van der Waals surface area contributed by atoms with Gasteiger partial charge in [-0.05, 0) is 111 Å². The summed E-state index contributed by atoms with van der Waals surface area (Å²) in [6.45, 7) is 13.9. The minimum atomic E-state index is -0.782. The van der Waals surface area contributed by atoms with Gasteiger partial charge < -0.3 is 20.3 Å². The van der Waals surface area contributed by atoms with Gasteiger partial charge in [0.15, 0.2) is 0 Å². The zero-order valence-electron chi connectivity index (χ0n) is 24.3. The molecule has 4 aliphatic rings. The van der Waals surface area contributed by atoms with Crippen molar-refractivity contribution in [1.82, 2.24) is 5.32 Å². The van der Waals surface area contributed by atoms with E-state index >= 15 is 0 Å². The lowest BCUT2D eigenvalue weighted by Crippen LogP contribution is -2.64. The molecule has 6 nitrogen and oxygen atoms in total. The van der Waals surface area contributed by atoms with E-state index in [1.165, 1.54) is 31.8 Å². The Labute approximate surface area is 230 Å². The summed E-state index contributed by atoms with van der Waals surface area (Å²) < 4.78 is 6.25. The number of carboxylic acids is 1. The van der Waals surface area contributed by atoms with Crippen LogP contribution in [0.25, 0.3) is 0 Å². The van der Waals surface area contributed by atoms with Crippen LogP contribution in [0.5, 0.6) is 0 Å². The van der Waals surface area contributed by atoms with Crippen LogP contribution in [0.2, 0.25) is 0 Å². The van der Waals surface area contributed by atoms with E-state index < -0.39 is 11.4 Å². The van der Waals surface area contributed by atoms with Crippen LogP contribution in [0, 0.1) is 45.8 Å². The Kier molecular flexibility index (Phi) is 9.03. The van der Waals surface area contributed by atoms with Crippen molar-refractivity contribution in [3.63, 3.8) is 0 Å². The molecule has 0 saturated heterocycles. The monoisotopic (exact) mass is 531 g/mol. The van der Waals surface area contributed by atoms with Gasteiger partial charge in [-0.3, -0.25) is 9.59 Å². The van der Waals surface area contributed by atoms with E-state index in [2.05, 4.69) is 39.6 Å². The summed E-state index contributed by atoms with van der Waals surface area (Å²) in [6, 6.07) is 0. The Balaban J connectivity index is 1.45. The highest BCUT2D eigenvalue weighted by Crippen LogP contribution is 2.71. The normalized spacial score (nSPS) is 42.9. The molecule has 0 aliphatic heterocycles. The molecule has 0 radical (unpaired) electrons. The van der Waals surface area contributed by atoms with Crippen molar-refractivity contribution in [2.24, 2.45) is 45.8 Å². The van der Waals surface area contributed by atoms with Crippen molar-refractivity contribution in [3.05, 3.63) is 12.7 Å². The zero-order valence-corrected chi connectivity index (χ0v) is 24.3. The molecule has 216 valence electrons. The molecule has 4 saturated carbocycles. The number of rotatable bonds is 11. The summed E-state index contributed by atoms with van der Waals surface area (Å²) >= 11 is 0. The molecular weight excluding hydrogens is 478 g/mol. The highest BCUT2D eigenvalue weighted by molar-refractivity contribution is 5.86. The second-order valence-corrected chi connectivity index (χ2v) is 13.7. The first-order chi connectivity index (χ1) is 18.0. The first kappa shape index (κ1) is 29.6. The summed E-state index contributed by atoms with van der Waals surface area (Å²) in [4.78, 5) is 24.4. The molecule has 4 rings (SSSR count). The second-order valence-electron chi connectivity index (χ2n) is 13.7. The number of hydrogen-bond donors (Lipinski definition) is 3. The van der Waals surface area contributed by atoms with Crippen LogP contribution in [0.4, 0.5) is 0 Å². The average molecular weight is 532 g/mol. The predicted octanol–water partition coefficient (Wildman–Crippen LogP) is 5.97. The molecule has 3 N–H and O–H groups in total. The number of aliphatic carboxylic acids is 1. The molecule has 0 heterocycles. The largest absolute Gasteiger partial charge is 0.481 e. The fraction of sp³-hybridized carbons (Fsp3) is 0.875. The third-order valence-electron chi connectivity index (χ3n) is 12.2. The number of nitrogens with one attached hydrogen (secondary N) is 1. The van der Waals surface area contributed by atoms with Gasteiger partial charge in [0.05, 0.1) is 17.6 Å². The summed E-state index contributed by atoms with van der Waals surface area (Å²) in [6.07, 6.45) is 12.1. The Morgan fingerprint density at radius 3 is 2.58 bits per heavy atom. The molecule has 1 amide bonds. The minimum absolute atomic E-state index is 0.0389. The third-order valence-corrected chi connectivity index (χ3v) is 12.2. The molecule has 10 atom stereocenters. The molecule has 4 aliphatic carbocycles. The summed E-state index contributed by atoms with van der Waals surface area (Å²) in [5.41, 5.74) is -1.14. The number of carbonyl (C=O) groups is 2. The number of fused-ring (bicyclic) bond motifs is 5. The van der Waals surface area contributed by atoms with Gasteiger partial charge in [-0.25, -0.2) is 0 Å². The van der Waals surface area contributed by atoms with Crippen molar-refractivity contribution in [2.45, 2.75) is 117 Å². The average Bonchev–Trinajstić information content (AvgIpc) is 3.25. The van der Waals surface area contributed by atoms with Gasteiger partial charge in [-0.2, -0.15) is 0 Å². The van der Waals surface area contributed by atoms with Gasteiger partial charge in [0.1, 0.15) is 0 Å². The number of unbranched alkanes of at least 4 members (excludes halogenated alkanes) is 1. The van der Waals surface area contributed by atoms with Crippen molar-refractivity contribution in [3.8, 4) is 0 Å². The van der Waals surface area contributed by atoms with Gasteiger partial charge in [0.25, 0.3) is 0 Å². The molecule has 0 spiro atoms. The van der Waals surface area contributed by atoms with Crippen molar-refractivity contribution in [1.29, 1.82) is 0 Å². The lowest BCUT2D eigenvalue weighted by molar-refractivity contribution is -0.220. The number of carbonyl (C=O) groups excluding carboxylic acids is 1. The number of ether oxygens (including phenoxy) is 1. The maximum Gasteiger partial charge on any atom is 0.310 e. The third kappa shape index (κ3) is 4.87. The van der Waals surface area contributed by atoms with E-state index in [1.54, 1.807) is 0 Å². The highest BCUT2D eigenvalue weighted by atomic mass is 16.5. The second kappa shape index (κ2) is 11.6. The SMILES string of the molecule is C=CC(=O)NCCCCOC1CC[C@]2(C)[C@H]3CC(O)[C@]4(C)[C@@H]([C@H](C)CCC)CC[C@H]4[C@@H]3CCC2(C(=O)O)C1. The Hall–Kier alpha value is -1.40. The van der Waals surface area contributed by atoms with Crippen LogP contribution < -0.4 is 5.32 Å². The lowest BCUT2D eigenvalue weighted by atomic mass is 9.39. The van der Waals surface area contributed by atoms with Gasteiger partial charge in [-0.1, -0.05) is 47.1 Å². The molecule has 0 aromatic carbocycles.